The van der Waals surface area contributed by atoms with Gasteiger partial charge >= 0.3 is 0 Å². The summed E-state index contributed by atoms with van der Waals surface area (Å²) in [6.45, 7) is 7.81. The lowest BCUT2D eigenvalue weighted by atomic mass is 10.1. The van der Waals surface area contributed by atoms with Gasteiger partial charge in [0.15, 0.2) is 0 Å². The van der Waals surface area contributed by atoms with Gasteiger partial charge in [0.25, 0.3) is 0 Å². The van der Waals surface area contributed by atoms with Gasteiger partial charge < -0.3 is 29.7 Å². The fourth-order valence-electron chi connectivity index (χ4n) is 6.46. The lowest BCUT2D eigenvalue weighted by molar-refractivity contribution is 0.153. The molecular weight excluding hydrogens is 513 g/mol. The average molecular weight is 561 g/mol. The third kappa shape index (κ3) is 7.03. The van der Waals surface area contributed by atoms with Gasteiger partial charge in [0.05, 0.1) is 10.2 Å². The molecule has 3 N–H and O–H groups in total. The molecule has 3 aliphatic rings. The fraction of sp³-hybridized carbons (Fsp3) is 0.484. The number of H-pyrrole nitrogens is 3. The van der Waals surface area contributed by atoms with Crippen LogP contribution in [0.2, 0.25) is 0 Å². The number of hydrogen-bond donors (Lipinski definition) is 3. The van der Waals surface area contributed by atoms with E-state index in [0.717, 1.165) is 21.6 Å². The Bertz CT molecular complexity index is 1110. The second kappa shape index (κ2) is 14.0. The number of piperidine rings is 3. The first-order valence-electron chi connectivity index (χ1n) is 15.3. The smallest absolute Gasteiger partial charge is 0.118 e. The maximum Gasteiger partial charge on any atom is 0.118 e. The van der Waals surface area contributed by atoms with Crippen LogP contribution in [0, 0.1) is 0 Å². The second-order valence-electron chi connectivity index (χ2n) is 11.3. The zero-order valence-corrected chi connectivity index (χ0v) is 28.1. The van der Waals surface area contributed by atoms with Crippen LogP contribution in [-0.2, 0) is 0 Å². The van der Waals surface area contributed by atoms with Gasteiger partial charge in [0.1, 0.15) is 5.82 Å². The van der Waals surface area contributed by atoms with Gasteiger partial charge in [-0.15, -0.1) is 0 Å². The predicted molar refractivity (Wildman–Crippen MR) is 171 cm³/mol. The maximum absolute atomic E-state index is 3.30. The van der Waals surface area contributed by atoms with Crippen molar-refractivity contribution < 1.29 is 0 Å². The Morgan fingerprint density at radius 2 is 0.897 bits per heavy atom. The molecule has 0 bridgehead atoms. The van der Waals surface area contributed by atoms with Crippen molar-refractivity contribution in [2.45, 2.75) is 57.8 Å². The largest absolute Gasteiger partial charge is 0.376 e. The Morgan fingerprint density at radius 1 is 0.513 bits per heavy atom. The minimum atomic E-state index is 0.976. The third-order valence-electron chi connectivity index (χ3n) is 8.58. The van der Waals surface area contributed by atoms with Gasteiger partial charge in [-0.2, -0.15) is 0 Å². The van der Waals surface area contributed by atoms with E-state index in [2.05, 4.69) is 47.9 Å². The van der Waals surface area contributed by atoms with Crippen molar-refractivity contribution in [2.24, 2.45) is 0 Å². The quantitative estimate of drug-likeness (QED) is 0.401. The van der Waals surface area contributed by atoms with Crippen molar-refractivity contribution in [3.8, 4) is 0 Å². The number of nitrogens with zero attached hydrogens (tertiary/aromatic N) is 3. The Hall–Kier alpha value is -2.85. The fourth-order valence-corrected chi connectivity index (χ4v) is 8.39. The van der Waals surface area contributed by atoms with Crippen LogP contribution in [0.5, 0.6) is 0 Å². The van der Waals surface area contributed by atoms with Crippen molar-refractivity contribution in [1.82, 2.24) is 29.7 Å². The highest BCUT2D eigenvalue weighted by atomic mass is 28.1. The average Bonchev–Trinajstić information content (AvgIpc) is 3.80. The van der Waals surface area contributed by atoms with Crippen LogP contribution in [0.15, 0.2) is 66.1 Å². The van der Waals surface area contributed by atoms with Crippen LogP contribution < -0.4 is 0 Å². The highest BCUT2D eigenvalue weighted by Gasteiger charge is 2.25. The summed E-state index contributed by atoms with van der Waals surface area (Å²) in [7, 11) is 2.18. The van der Waals surface area contributed by atoms with E-state index in [0.29, 0.717) is 0 Å². The van der Waals surface area contributed by atoms with Gasteiger partial charge in [-0.3, -0.25) is 0 Å². The van der Waals surface area contributed by atoms with Crippen LogP contribution in [0.4, 0.5) is 0 Å². The van der Waals surface area contributed by atoms with E-state index in [4.69, 9.17) is 0 Å². The van der Waals surface area contributed by atoms with Crippen molar-refractivity contribution in [3.05, 3.63) is 83.2 Å². The molecule has 3 aromatic heterocycles. The van der Waals surface area contributed by atoms with Crippen molar-refractivity contribution in [1.29, 1.82) is 0 Å². The summed E-state index contributed by atoms with van der Waals surface area (Å²) in [5.41, 5.74) is 4.74. The Kier molecular flexibility index (Phi) is 9.94. The van der Waals surface area contributed by atoms with Crippen molar-refractivity contribution in [3.63, 3.8) is 0 Å². The van der Waals surface area contributed by atoms with Crippen LogP contribution in [0.3, 0.4) is 0 Å². The van der Waals surface area contributed by atoms with Gasteiger partial charge in [-0.05, 0) is 99.4 Å². The van der Waals surface area contributed by atoms with Crippen molar-refractivity contribution >= 4 is 31.3 Å². The summed E-state index contributed by atoms with van der Waals surface area (Å²) in [6, 6.07) is 12.4. The zero-order chi connectivity index (χ0) is 26.9. The summed E-state index contributed by atoms with van der Waals surface area (Å²) in [4.78, 5) is 18.1. The van der Waals surface area contributed by atoms with Gasteiger partial charge in [0, 0.05) is 96.1 Å². The summed E-state index contributed by atoms with van der Waals surface area (Å²) >= 11 is 0. The molecule has 8 heteroatoms. The van der Waals surface area contributed by atoms with E-state index in [-0.39, 0.29) is 0 Å². The molecule has 3 fully saturated rings. The van der Waals surface area contributed by atoms with E-state index in [1.165, 1.54) is 124 Å². The van der Waals surface area contributed by atoms with Gasteiger partial charge in [-0.1, -0.05) is 0 Å². The lowest BCUT2D eigenvalue weighted by Crippen LogP contribution is -2.44. The topological polar surface area (TPSA) is 57.1 Å². The molecule has 0 spiro atoms. The van der Waals surface area contributed by atoms with Crippen LogP contribution >= 0.6 is 0 Å². The first-order chi connectivity index (χ1) is 19.2. The van der Waals surface area contributed by atoms with Gasteiger partial charge in [-0.25, -0.2) is 0 Å². The molecular formula is C31H48N6Si2. The third-order valence-corrected chi connectivity index (χ3v) is 10.7. The number of likely N-dealkylation sites (tertiary alicyclic amines) is 3. The summed E-state index contributed by atoms with van der Waals surface area (Å²) in [5, 5.41) is 3.06. The van der Waals surface area contributed by atoms with E-state index in [1.54, 1.807) is 11.1 Å². The lowest BCUT2D eigenvalue weighted by Gasteiger charge is -2.43. The minimum absolute atomic E-state index is 0.976. The Labute approximate surface area is 240 Å². The molecule has 0 unspecified atom stereocenters. The zero-order valence-electron chi connectivity index (χ0n) is 24.1. The molecule has 6 heterocycles. The molecule has 0 aromatic carbocycles. The van der Waals surface area contributed by atoms with E-state index < -0.39 is 0 Å². The van der Waals surface area contributed by atoms with Gasteiger partial charge in [0.2, 0.25) is 0 Å². The Balaban J connectivity index is 0.000000160. The van der Waals surface area contributed by atoms with Crippen LogP contribution in [0.1, 0.15) is 74.9 Å². The molecule has 3 aromatic rings. The first kappa shape index (κ1) is 27.7. The normalized spacial score (nSPS) is 18.0. The number of rotatable bonds is 6. The molecule has 0 radical (unpaired) electrons. The number of aromatic nitrogens is 3. The Morgan fingerprint density at radius 3 is 1.28 bits per heavy atom. The molecule has 6 rings (SSSR count). The highest BCUT2D eigenvalue weighted by molar-refractivity contribution is 6.47. The molecule has 6 nitrogen and oxygen atoms in total. The van der Waals surface area contributed by atoms with E-state index in [9.17, 15) is 0 Å². The number of hydrogen-bond acceptors (Lipinski definition) is 3. The van der Waals surface area contributed by atoms with E-state index in [1.807, 2.05) is 36.8 Å². The van der Waals surface area contributed by atoms with Crippen LogP contribution in [-0.4, -0.2) is 89.4 Å². The standard InChI is InChI=1S/C17H33N3Si.C14H15N3Si/c21-17(20-14-8-3-9-15-20)16(18-10-4-1-5-11-18)19-12-6-2-7-13-19;18-14(12-6-3-9-17-12)13(10-4-1-7-15-10)11-5-2-8-16-11/h1-15H2,21H3;1-9,15-17H,18H3. The maximum atomic E-state index is 3.30. The molecule has 0 saturated carbocycles. The molecule has 3 aliphatic heterocycles. The molecule has 3 saturated heterocycles. The highest BCUT2D eigenvalue weighted by Crippen LogP contribution is 2.28. The molecule has 0 aliphatic carbocycles. The summed E-state index contributed by atoms with van der Waals surface area (Å²) < 4.78 is 0. The van der Waals surface area contributed by atoms with E-state index >= 15 is 0 Å². The monoisotopic (exact) mass is 560 g/mol. The van der Waals surface area contributed by atoms with Crippen LogP contribution in [0.25, 0.3) is 10.8 Å². The first-order valence-corrected chi connectivity index (χ1v) is 17.3. The molecule has 0 atom stereocenters. The van der Waals surface area contributed by atoms with Crippen molar-refractivity contribution in [2.75, 3.05) is 39.3 Å². The molecule has 39 heavy (non-hydrogen) atoms. The number of nitrogens with one attached hydrogen (secondary N) is 3. The second-order valence-corrected chi connectivity index (χ2v) is 13.3. The summed E-state index contributed by atoms with van der Waals surface area (Å²) in [5.74, 6) is 1.66. The molecule has 210 valence electrons. The SMILES string of the molecule is [SiH3]C(=C(N1CCCCC1)N1CCCCC1)N1CCCCC1.[SiH3]C(=C(c1ccc[nH]1)c1ccc[nH]1)c1ccc[nH]1. The number of aromatic amines is 3. The minimum Gasteiger partial charge on any atom is -0.376 e. The predicted octanol–water partition coefficient (Wildman–Crippen LogP) is 3.89. The molecule has 0 amide bonds. The summed E-state index contributed by atoms with van der Waals surface area (Å²) in [6.07, 6.45) is 18.6.